The van der Waals surface area contributed by atoms with E-state index in [1.807, 2.05) is 35.2 Å². The van der Waals surface area contributed by atoms with Crippen molar-refractivity contribution in [1.29, 1.82) is 0 Å². The summed E-state index contributed by atoms with van der Waals surface area (Å²) in [5.41, 5.74) is 2.52. The van der Waals surface area contributed by atoms with E-state index >= 15 is 0 Å². The molecule has 0 spiro atoms. The van der Waals surface area contributed by atoms with Crippen molar-refractivity contribution < 1.29 is 19.2 Å². The summed E-state index contributed by atoms with van der Waals surface area (Å²) in [7, 11) is 9.96. The van der Waals surface area contributed by atoms with Gasteiger partial charge in [-0.3, -0.25) is 0 Å². The minimum atomic E-state index is -0.297. The van der Waals surface area contributed by atoms with Crippen molar-refractivity contribution in [2.24, 2.45) is 0 Å². The van der Waals surface area contributed by atoms with Crippen LogP contribution in [0, 0.1) is 0 Å². The fraction of sp³-hybridized carbons (Fsp3) is 0.515. The Morgan fingerprint density at radius 1 is 0.417 bits per heavy atom. The van der Waals surface area contributed by atoms with Gasteiger partial charge in [-0.05, 0) is 136 Å². The van der Waals surface area contributed by atoms with Crippen LogP contribution in [0.4, 0.5) is 41.9 Å². The molecule has 0 atom stereocenters. The summed E-state index contributed by atoms with van der Waals surface area (Å²) in [5, 5.41) is 22.5. The molecule has 0 aromatic heterocycles. The Balaban J connectivity index is 1.51. The predicted molar refractivity (Wildman–Crippen MR) is 194 cm³/mol. The SMILES string of the molecule is CN(C)CCCNC(=O)Nc1ccc(NC(=O)NCCCN(C)CCCNC(=O)Nc2ccc(NC(=O)NCCCN(C)C)cc2)cc1. The minimum absolute atomic E-state index is 0.263. The van der Waals surface area contributed by atoms with Crippen molar-refractivity contribution in [3.8, 4) is 0 Å². The maximum Gasteiger partial charge on any atom is 0.319 e. The third-order valence-corrected chi connectivity index (χ3v) is 6.94. The molecule has 0 saturated carbocycles. The fourth-order valence-electron chi connectivity index (χ4n) is 4.38. The summed E-state index contributed by atoms with van der Waals surface area (Å²) in [6.45, 7) is 5.59. The third-order valence-electron chi connectivity index (χ3n) is 6.94. The maximum atomic E-state index is 12.3. The van der Waals surface area contributed by atoms with E-state index in [9.17, 15) is 19.2 Å². The normalized spacial score (nSPS) is 10.8. The number of nitrogens with zero attached hydrogens (tertiary/aromatic N) is 3. The van der Waals surface area contributed by atoms with Crippen LogP contribution >= 0.6 is 0 Å². The quantitative estimate of drug-likeness (QED) is 0.0997. The van der Waals surface area contributed by atoms with Gasteiger partial charge in [-0.25, -0.2) is 19.2 Å². The number of rotatable bonds is 20. The van der Waals surface area contributed by atoms with Crippen molar-refractivity contribution >= 4 is 46.9 Å². The van der Waals surface area contributed by atoms with Crippen LogP contribution in [-0.2, 0) is 0 Å². The van der Waals surface area contributed by atoms with Crippen LogP contribution in [0.1, 0.15) is 25.7 Å². The largest absolute Gasteiger partial charge is 0.338 e. The summed E-state index contributed by atoms with van der Waals surface area (Å²) in [6, 6.07) is 12.7. The molecule has 15 nitrogen and oxygen atoms in total. The van der Waals surface area contributed by atoms with E-state index in [0.29, 0.717) is 48.9 Å². The van der Waals surface area contributed by atoms with Gasteiger partial charge in [0.25, 0.3) is 0 Å². The zero-order valence-corrected chi connectivity index (χ0v) is 29.1. The molecule has 0 aliphatic rings. The van der Waals surface area contributed by atoms with Gasteiger partial charge in [-0.2, -0.15) is 0 Å². The first-order valence-electron chi connectivity index (χ1n) is 16.4. The highest BCUT2D eigenvalue weighted by Crippen LogP contribution is 2.14. The van der Waals surface area contributed by atoms with Crippen LogP contribution in [0.25, 0.3) is 0 Å². The Morgan fingerprint density at radius 2 is 0.646 bits per heavy atom. The highest BCUT2D eigenvalue weighted by molar-refractivity contribution is 5.92. The number of amides is 8. The van der Waals surface area contributed by atoms with Crippen LogP contribution in [0.3, 0.4) is 0 Å². The van der Waals surface area contributed by atoms with E-state index < -0.39 is 0 Å². The molecule has 0 aliphatic heterocycles. The average molecular weight is 670 g/mol. The monoisotopic (exact) mass is 669 g/mol. The summed E-state index contributed by atoms with van der Waals surface area (Å²) in [5.74, 6) is 0. The number of urea groups is 4. The van der Waals surface area contributed by atoms with Gasteiger partial charge >= 0.3 is 24.1 Å². The van der Waals surface area contributed by atoms with Crippen molar-refractivity contribution in [1.82, 2.24) is 36.0 Å². The molecule has 2 rings (SSSR count). The van der Waals surface area contributed by atoms with E-state index in [4.69, 9.17) is 0 Å². The van der Waals surface area contributed by atoms with Crippen molar-refractivity contribution in [2.75, 3.05) is 109 Å². The van der Waals surface area contributed by atoms with Crippen molar-refractivity contribution in [2.45, 2.75) is 25.7 Å². The highest BCUT2D eigenvalue weighted by Gasteiger charge is 2.07. The first-order valence-corrected chi connectivity index (χ1v) is 16.4. The Bertz CT molecular complexity index is 1150. The second-order valence-electron chi connectivity index (χ2n) is 12.0. The van der Waals surface area contributed by atoms with Gasteiger partial charge < -0.3 is 57.2 Å². The van der Waals surface area contributed by atoms with E-state index in [2.05, 4.69) is 57.2 Å². The molecule has 8 amide bonds. The summed E-state index contributed by atoms with van der Waals surface area (Å²) in [4.78, 5) is 54.8. The van der Waals surface area contributed by atoms with Crippen LogP contribution in [0.5, 0.6) is 0 Å². The number of hydrogen-bond donors (Lipinski definition) is 8. The molecule has 0 aliphatic carbocycles. The molecule has 0 saturated heterocycles. The lowest BCUT2D eigenvalue weighted by atomic mass is 10.3. The lowest BCUT2D eigenvalue weighted by Crippen LogP contribution is -2.33. The summed E-state index contributed by atoms with van der Waals surface area (Å²) in [6.07, 6.45) is 3.28. The molecule has 0 fully saturated rings. The Morgan fingerprint density at radius 3 is 0.875 bits per heavy atom. The first kappa shape index (κ1) is 39.6. The molecule has 0 bridgehead atoms. The molecule has 2 aromatic rings. The van der Waals surface area contributed by atoms with Crippen LogP contribution in [0.15, 0.2) is 48.5 Å². The molecular formula is C33H55N11O4. The Labute approximate surface area is 284 Å². The molecule has 0 unspecified atom stereocenters. The topological polar surface area (TPSA) is 174 Å². The van der Waals surface area contributed by atoms with E-state index in [1.165, 1.54) is 0 Å². The Hall–Kier alpha value is -4.60. The molecular weight excluding hydrogens is 614 g/mol. The fourth-order valence-corrected chi connectivity index (χ4v) is 4.38. The van der Waals surface area contributed by atoms with Crippen molar-refractivity contribution in [3.05, 3.63) is 48.5 Å². The second-order valence-corrected chi connectivity index (χ2v) is 12.0. The first-order chi connectivity index (χ1) is 23.0. The second kappa shape index (κ2) is 22.8. The Kier molecular flexibility index (Phi) is 18.8. The molecule has 0 heterocycles. The number of hydrogen-bond acceptors (Lipinski definition) is 7. The molecule has 266 valence electrons. The van der Waals surface area contributed by atoms with Gasteiger partial charge in [0, 0.05) is 48.9 Å². The van der Waals surface area contributed by atoms with Crippen LogP contribution in [0.2, 0.25) is 0 Å². The van der Waals surface area contributed by atoms with E-state index in [0.717, 1.165) is 51.9 Å². The zero-order valence-electron chi connectivity index (χ0n) is 29.1. The van der Waals surface area contributed by atoms with Gasteiger partial charge in [0.2, 0.25) is 0 Å². The van der Waals surface area contributed by atoms with E-state index in [-0.39, 0.29) is 24.1 Å². The number of anilines is 4. The van der Waals surface area contributed by atoms with Gasteiger partial charge in [0.15, 0.2) is 0 Å². The summed E-state index contributed by atoms with van der Waals surface area (Å²) < 4.78 is 0. The molecule has 8 N–H and O–H groups in total. The maximum absolute atomic E-state index is 12.3. The van der Waals surface area contributed by atoms with Gasteiger partial charge in [-0.15, -0.1) is 0 Å². The number of nitrogens with one attached hydrogen (secondary N) is 8. The van der Waals surface area contributed by atoms with Gasteiger partial charge in [-0.1, -0.05) is 0 Å². The van der Waals surface area contributed by atoms with Gasteiger partial charge in [0.1, 0.15) is 0 Å². The number of benzene rings is 2. The lowest BCUT2D eigenvalue weighted by Gasteiger charge is -2.17. The molecule has 2 aromatic carbocycles. The third kappa shape index (κ3) is 19.2. The zero-order chi connectivity index (χ0) is 35.1. The molecule has 15 heteroatoms. The smallest absolute Gasteiger partial charge is 0.319 e. The standard InChI is InChI=1S/C33H55N11O4/c1-42(2)22-6-18-34-30(45)38-26-10-14-28(15-11-26)40-32(47)36-20-8-24-44(5)25-9-21-37-33(48)41-29-16-12-27(13-17-29)39-31(46)35-19-7-23-43(3)4/h10-17H,6-9,18-25H2,1-5H3,(H2,34,38,45)(H2,35,39,46)(H2,36,40,47)(H2,37,41,48). The number of carbonyl (C=O) groups excluding carboxylic acids is 4. The van der Waals surface area contributed by atoms with Crippen molar-refractivity contribution in [3.63, 3.8) is 0 Å². The molecule has 0 radical (unpaired) electrons. The predicted octanol–water partition coefficient (Wildman–Crippen LogP) is 3.49. The minimum Gasteiger partial charge on any atom is -0.338 e. The number of carbonyl (C=O) groups is 4. The lowest BCUT2D eigenvalue weighted by molar-refractivity contribution is 0.249. The van der Waals surface area contributed by atoms with Crippen LogP contribution < -0.4 is 42.5 Å². The average Bonchev–Trinajstić information content (AvgIpc) is 3.03. The van der Waals surface area contributed by atoms with E-state index in [1.54, 1.807) is 48.5 Å². The van der Waals surface area contributed by atoms with Gasteiger partial charge in [0.05, 0.1) is 0 Å². The molecule has 48 heavy (non-hydrogen) atoms. The highest BCUT2D eigenvalue weighted by atomic mass is 16.2. The van der Waals surface area contributed by atoms with Crippen LogP contribution in [-0.4, -0.2) is 126 Å². The summed E-state index contributed by atoms with van der Waals surface area (Å²) >= 11 is 0.